The third kappa shape index (κ3) is 16.3. The first kappa shape index (κ1) is 33.6. The van der Waals surface area contributed by atoms with Crippen LogP contribution in [0.15, 0.2) is 12.2 Å². The Hall–Kier alpha value is -0.400. The summed E-state index contributed by atoms with van der Waals surface area (Å²) < 4.78 is 24.4. The molecular formula is C30H61NO2P+. The van der Waals surface area contributed by atoms with E-state index in [1.54, 1.807) is 0 Å². The van der Waals surface area contributed by atoms with Gasteiger partial charge in [0.25, 0.3) is 0 Å². The molecule has 0 saturated heterocycles. The van der Waals surface area contributed by atoms with Crippen LogP contribution in [0.3, 0.4) is 0 Å². The van der Waals surface area contributed by atoms with Crippen LogP contribution in [0.1, 0.15) is 155 Å². The van der Waals surface area contributed by atoms with E-state index < -0.39 is 13.0 Å². The van der Waals surface area contributed by atoms with Crippen LogP contribution in [-0.2, 0) is 9.13 Å². The Kier molecular flexibility index (Phi) is 21.6. The Labute approximate surface area is 215 Å². The minimum Gasteiger partial charge on any atom is -0.314 e. The Bertz CT molecular complexity index is 542. The van der Waals surface area contributed by atoms with Gasteiger partial charge >= 0.3 is 7.68 Å². The highest BCUT2D eigenvalue weighted by Gasteiger charge is 2.46. The molecule has 0 aromatic carbocycles. The van der Waals surface area contributed by atoms with E-state index in [4.69, 9.17) is 0 Å². The van der Waals surface area contributed by atoms with Crippen molar-refractivity contribution < 1.29 is 13.6 Å². The summed E-state index contributed by atoms with van der Waals surface area (Å²) in [5.41, 5.74) is 0. The molecule has 202 valence electrons. The van der Waals surface area contributed by atoms with Gasteiger partial charge in [-0.2, -0.15) is 0 Å². The molecule has 0 amide bonds. The summed E-state index contributed by atoms with van der Waals surface area (Å²) in [7, 11) is 3.64. The topological polar surface area (TPSA) is 34.1 Å². The number of hydrogen-bond donors (Lipinski definition) is 0. The molecule has 3 nitrogen and oxygen atoms in total. The number of allylic oxidation sites excluding steroid dienone is 2. The predicted molar refractivity (Wildman–Crippen MR) is 151 cm³/mol. The average Bonchev–Trinajstić information content (AvgIpc) is 2.78. The number of hydrogen-bond acceptors (Lipinski definition) is 2. The lowest BCUT2D eigenvalue weighted by atomic mass is 10.0. The van der Waals surface area contributed by atoms with Gasteiger partial charge in [0.2, 0.25) is 5.28 Å². The van der Waals surface area contributed by atoms with Crippen LogP contribution in [0.2, 0.25) is 0 Å². The molecule has 0 aromatic heterocycles. The molecule has 0 N–H and O–H groups in total. The molecule has 0 aliphatic rings. The number of quaternary nitrogens is 1. The van der Waals surface area contributed by atoms with Gasteiger partial charge in [-0.25, -0.2) is 9.13 Å². The van der Waals surface area contributed by atoms with Gasteiger partial charge in [0.1, 0.15) is 0 Å². The highest BCUT2D eigenvalue weighted by Crippen LogP contribution is 2.43. The Morgan fingerprint density at radius 3 is 1.24 bits per heavy atom. The zero-order chi connectivity index (χ0) is 25.5. The van der Waals surface area contributed by atoms with E-state index in [1.165, 1.54) is 122 Å². The molecule has 4 heteroatoms. The third-order valence-corrected chi connectivity index (χ3v) is 9.56. The molecule has 34 heavy (non-hydrogen) atoms. The maximum atomic E-state index is 12.0. The van der Waals surface area contributed by atoms with Crippen LogP contribution in [0.25, 0.3) is 0 Å². The molecule has 0 rings (SSSR count). The van der Waals surface area contributed by atoms with E-state index in [-0.39, 0.29) is 0 Å². The van der Waals surface area contributed by atoms with Gasteiger partial charge in [0.15, 0.2) is 0 Å². The Morgan fingerprint density at radius 2 is 0.912 bits per heavy atom. The van der Waals surface area contributed by atoms with E-state index in [0.717, 1.165) is 12.8 Å². The lowest BCUT2D eigenvalue weighted by molar-refractivity contribution is -0.908. The first-order valence-corrected chi connectivity index (χ1v) is 16.1. The molecular weight excluding hydrogens is 437 g/mol. The van der Waals surface area contributed by atoms with Crippen molar-refractivity contribution in [3.05, 3.63) is 12.2 Å². The molecule has 0 aliphatic heterocycles. The van der Waals surface area contributed by atoms with Crippen molar-refractivity contribution in [1.29, 1.82) is 0 Å². The predicted octanol–water partition coefficient (Wildman–Crippen LogP) is 10.7. The van der Waals surface area contributed by atoms with Gasteiger partial charge in [-0.1, -0.05) is 122 Å². The first-order chi connectivity index (χ1) is 16.3. The summed E-state index contributed by atoms with van der Waals surface area (Å²) in [5.74, 6) is 0. The summed E-state index contributed by atoms with van der Waals surface area (Å²) in [6.07, 6.45) is 33.0. The molecule has 0 fully saturated rings. The van der Waals surface area contributed by atoms with E-state index >= 15 is 0 Å². The van der Waals surface area contributed by atoms with Crippen molar-refractivity contribution in [2.24, 2.45) is 0 Å². The fourth-order valence-corrected chi connectivity index (χ4v) is 6.26. The molecule has 0 aliphatic carbocycles. The van der Waals surface area contributed by atoms with Crippen molar-refractivity contribution in [3.63, 3.8) is 0 Å². The minimum atomic E-state index is -2.42. The third-order valence-electron chi connectivity index (χ3n) is 7.74. The molecule has 0 heterocycles. The fraction of sp³-hybridized carbons (Fsp3) is 0.933. The Balaban J connectivity index is 3.46. The zero-order valence-corrected chi connectivity index (χ0v) is 24.8. The largest absolute Gasteiger partial charge is 0.378 e. The van der Waals surface area contributed by atoms with Gasteiger partial charge in [-0.3, -0.25) is 0 Å². The zero-order valence-electron chi connectivity index (χ0n) is 23.9. The maximum absolute atomic E-state index is 12.0. The first-order valence-electron chi connectivity index (χ1n) is 14.9. The van der Waals surface area contributed by atoms with Gasteiger partial charge < -0.3 is 4.48 Å². The van der Waals surface area contributed by atoms with Gasteiger partial charge in [-0.15, -0.1) is 0 Å². The van der Waals surface area contributed by atoms with Crippen LogP contribution in [0, 0.1) is 0 Å². The monoisotopic (exact) mass is 498 g/mol. The quantitative estimate of drug-likeness (QED) is 0.0543. The van der Waals surface area contributed by atoms with Gasteiger partial charge in [-0.05, 0) is 32.1 Å². The van der Waals surface area contributed by atoms with Crippen molar-refractivity contribution in [3.8, 4) is 0 Å². The molecule has 0 spiro atoms. The molecule has 1 atom stereocenters. The van der Waals surface area contributed by atoms with E-state index in [0.29, 0.717) is 10.9 Å². The van der Waals surface area contributed by atoms with Gasteiger partial charge in [0, 0.05) is 12.8 Å². The smallest absolute Gasteiger partial charge is 0.314 e. The maximum Gasteiger partial charge on any atom is 0.378 e. The summed E-state index contributed by atoms with van der Waals surface area (Å²) in [5, 5.41) is -0.598. The van der Waals surface area contributed by atoms with E-state index in [1.807, 2.05) is 28.1 Å². The number of rotatable bonds is 25. The van der Waals surface area contributed by atoms with Crippen LogP contribution >= 0.6 is 7.68 Å². The number of unbranched alkanes of at least 4 members (excludes halogenated alkanes) is 18. The summed E-state index contributed by atoms with van der Waals surface area (Å²) >= 11 is 0. The second-order valence-electron chi connectivity index (χ2n) is 11.4. The van der Waals surface area contributed by atoms with Crippen LogP contribution in [0.4, 0.5) is 0 Å². The molecule has 0 aromatic rings. The van der Waals surface area contributed by atoms with Crippen LogP contribution in [-0.4, -0.2) is 30.9 Å². The van der Waals surface area contributed by atoms with Crippen LogP contribution < -0.4 is 0 Å². The molecule has 1 unspecified atom stereocenters. The van der Waals surface area contributed by atoms with Gasteiger partial charge in [0.05, 0.1) is 21.1 Å². The average molecular weight is 499 g/mol. The van der Waals surface area contributed by atoms with Crippen LogP contribution in [0.5, 0.6) is 0 Å². The van der Waals surface area contributed by atoms with E-state index in [9.17, 15) is 9.13 Å². The number of nitrogens with zero attached hydrogens (tertiary/aromatic N) is 1. The van der Waals surface area contributed by atoms with E-state index in [2.05, 4.69) is 19.1 Å². The fourth-order valence-electron chi connectivity index (χ4n) is 5.17. The van der Waals surface area contributed by atoms with Crippen molar-refractivity contribution in [2.45, 2.75) is 160 Å². The summed E-state index contributed by atoms with van der Waals surface area (Å²) in [6, 6.07) is 0. The minimum absolute atomic E-state index is 0.512. The molecule has 0 saturated carbocycles. The second-order valence-corrected chi connectivity index (χ2v) is 12.8. The second kappa shape index (κ2) is 21.8. The lowest BCUT2D eigenvalue weighted by Gasteiger charge is -2.40. The highest BCUT2D eigenvalue weighted by molar-refractivity contribution is 7.32. The lowest BCUT2D eigenvalue weighted by Crippen LogP contribution is -2.53. The molecule has 0 bridgehead atoms. The molecule has 0 radical (unpaired) electrons. The summed E-state index contributed by atoms with van der Waals surface area (Å²) in [6.45, 7) is 4.30. The van der Waals surface area contributed by atoms with Crippen molar-refractivity contribution in [1.82, 2.24) is 0 Å². The standard InChI is InChI=1S/C30H61NO2P/c1-6-8-9-10-11-12-13-14-15-16-17-18-19-20-21-22-23-24-25-26-27-28-29-30(7-2,34(32)33)31(3,4)5/h14-15H,6-13,16-29H2,1-5H3/q+1. The van der Waals surface area contributed by atoms with Crippen molar-refractivity contribution >= 4 is 7.68 Å². The normalized spacial score (nSPS) is 14.0. The van der Waals surface area contributed by atoms with Crippen molar-refractivity contribution in [2.75, 3.05) is 21.1 Å². The summed E-state index contributed by atoms with van der Waals surface area (Å²) in [4.78, 5) is 0. The highest BCUT2D eigenvalue weighted by atomic mass is 31.1. The Morgan fingerprint density at radius 1 is 0.559 bits per heavy atom. The SMILES string of the molecule is CCCCCCCCC=CCCCCCCCCCCCCCCC(CC)(P(=O)=O)[N+](C)(C)C.